The molecule has 0 aromatic heterocycles. The van der Waals surface area contributed by atoms with E-state index in [0.717, 1.165) is 12.5 Å². The summed E-state index contributed by atoms with van der Waals surface area (Å²) in [5, 5.41) is 3.69. The van der Waals surface area contributed by atoms with Crippen LogP contribution in [0.15, 0.2) is 0 Å². The predicted molar refractivity (Wildman–Crippen MR) is 60.2 cm³/mol. The Labute approximate surface area is 87.6 Å². The molecule has 0 amide bonds. The van der Waals surface area contributed by atoms with E-state index in [1.165, 1.54) is 44.9 Å². The molecule has 1 unspecified atom stereocenters. The predicted octanol–water partition coefficient (Wildman–Crippen LogP) is 2.04. The van der Waals surface area contributed by atoms with Gasteiger partial charge in [-0.3, -0.25) is 0 Å². The molecule has 2 heteroatoms. The fourth-order valence-corrected chi connectivity index (χ4v) is 2.63. The van der Waals surface area contributed by atoms with Crippen LogP contribution < -0.4 is 11.1 Å². The summed E-state index contributed by atoms with van der Waals surface area (Å²) in [6.07, 6.45) is 9.42. The van der Waals surface area contributed by atoms with Crippen molar-refractivity contribution in [1.29, 1.82) is 0 Å². The molecule has 2 saturated carbocycles. The monoisotopic (exact) mass is 196 g/mol. The summed E-state index contributed by atoms with van der Waals surface area (Å²) in [6.45, 7) is 3.48. The van der Waals surface area contributed by atoms with Crippen molar-refractivity contribution in [2.75, 3.05) is 6.54 Å². The molecule has 2 nitrogen and oxygen atoms in total. The Bertz CT molecular complexity index is 181. The molecule has 0 aromatic rings. The van der Waals surface area contributed by atoms with Gasteiger partial charge in [-0.2, -0.15) is 0 Å². The van der Waals surface area contributed by atoms with Crippen LogP contribution in [0.5, 0.6) is 0 Å². The molecule has 0 bridgehead atoms. The fourth-order valence-electron chi connectivity index (χ4n) is 2.63. The first-order chi connectivity index (χ1) is 6.70. The first kappa shape index (κ1) is 10.4. The van der Waals surface area contributed by atoms with E-state index in [4.69, 9.17) is 5.73 Å². The van der Waals surface area contributed by atoms with Crippen LogP contribution in [0.3, 0.4) is 0 Å². The van der Waals surface area contributed by atoms with E-state index in [9.17, 15) is 0 Å². The second kappa shape index (κ2) is 4.19. The van der Waals surface area contributed by atoms with Crippen LogP contribution >= 0.6 is 0 Å². The van der Waals surface area contributed by atoms with Crippen LogP contribution in [0, 0.1) is 5.92 Å². The van der Waals surface area contributed by atoms with Crippen LogP contribution in [-0.2, 0) is 0 Å². The summed E-state index contributed by atoms with van der Waals surface area (Å²) in [7, 11) is 0. The van der Waals surface area contributed by atoms with E-state index < -0.39 is 0 Å². The maximum absolute atomic E-state index is 6.07. The Morgan fingerprint density at radius 1 is 1.36 bits per heavy atom. The van der Waals surface area contributed by atoms with E-state index in [-0.39, 0.29) is 0 Å². The smallest absolute Gasteiger partial charge is 0.0153 e. The highest BCUT2D eigenvalue weighted by Gasteiger charge is 2.30. The van der Waals surface area contributed by atoms with Gasteiger partial charge in [-0.1, -0.05) is 12.8 Å². The van der Waals surface area contributed by atoms with Gasteiger partial charge in [0.05, 0.1) is 0 Å². The molecular formula is C12H24N2. The molecule has 0 heterocycles. The second-order valence-corrected chi connectivity index (χ2v) is 5.48. The number of nitrogens with one attached hydrogen (secondary N) is 1. The molecule has 14 heavy (non-hydrogen) atoms. The van der Waals surface area contributed by atoms with Crippen LogP contribution in [0.25, 0.3) is 0 Å². The van der Waals surface area contributed by atoms with Gasteiger partial charge in [0, 0.05) is 11.6 Å². The number of nitrogens with two attached hydrogens (primary N) is 1. The van der Waals surface area contributed by atoms with Gasteiger partial charge < -0.3 is 11.1 Å². The van der Waals surface area contributed by atoms with Crippen molar-refractivity contribution in [2.24, 2.45) is 11.7 Å². The molecule has 2 rings (SSSR count). The standard InChI is InChI=1S/C12H24N2/c1-12(7-2-3-8-12)14-9-6-11(13)10-4-5-10/h10-11,14H,2-9,13H2,1H3. The van der Waals surface area contributed by atoms with Gasteiger partial charge >= 0.3 is 0 Å². The lowest BCUT2D eigenvalue weighted by Gasteiger charge is -2.26. The summed E-state index contributed by atoms with van der Waals surface area (Å²) in [5.74, 6) is 0.855. The van der Waals surface area contributed by atoms with E-state index in [0.29, 0.717) is 11.6 Å². The van der Waals surface area contributed by atoms with E-state index in [1.54, 1.807) is 0 Å². The Hall–Kier alpha value is -0.0800. The molecule has 1 atom stereocenters. The van der Waals surface area contributed by atoms with Crippen molar-refractivity contribution in [2.45, 2.75) is 63.5 Å². The molecule has 0 radical (unpaired) electrons. The molecule has 2 fully saturated rings. The number of rotatable bonds is 5. The van der Waals surface area contributed by atoms with Gasteiger partial charge in [0.2, 0.25) is 0 Å². The summed E-state index contributed by atoms with van der Waals surface area (Å²) in [6, 6.07) is 0.465. The van der Waals surface area contributed by atoms with Gasteiger partial charge in [0.25, 0.3) is 0 Å². The van der Waals surface area contributed by atoms with Gasteiger partial charge in [-0.05, 0) is 51.5 Å². The zero-order valence-corrected chi connectivity index (χ0v) is 9.39. The quantitative estimate of drug-likeness (QED) is 0.706. The molecule has 0 aromatic carbocycles. The third-order valence-electron chi connectivity index (χ3n) is 3.96. The van der Waals surface area contributed by atoms with E-state index in [1.807, 2.05) is 0 Å². The summed E-state index contributed by atoms with van der Waals surface area (Å²) < 4.78 is 0. The third kappa shape index (κ3) is 2.71. The van der Waals surface area contributed by atoms with Gasteiger partial charge in [-0.25, -0.2) is 0 Å². The lowest BCUT2D eigenvalue weighted by atomic mass is 10.00. The maximum atomic E-state index is 6.07. The van der Waals surface area contributed by atoms with Crippen LogP contribution in [-0.4, -0.2) is 18.1 Å². The minimum absolute atomic E-state index is 0.434. The first-order valence-electron chi connectivity index (χ1n) is 6.20. The maximum Gasteiger partial charge on any atom is 0.0153 e. The lowest BCUT2D eigenvalue weighted by molar-refractivity contribution is 0.352. The molecule has 0 saturated heterocycles. The van der Waals surface area contributed by atoms with Crippen molar-refractivity contribution in [1.82, 2.24) is 5.32 Å². The molecule has 82 valence electrons. The second-order valence-electron chi connectivity index (χ2n) is 5.48. The van der Waals surface area contributed by atoms with Crippen molar-refractivity contribution in [3.63, 3.8) is 0 Å². The molecule has 2 aliphatic carbocycles. The van der Waals surface area contributed by atoms with Crippen LogP contribution in [0.1, 0.15) is 51.9 Å². The molecule has 0 spiro atoms. The Balaban J connectivity index is 1.61. The van der Waals surface area contributed by atoms with Gasteiger partial charge in [0.1, 0.15) is 0 Å². The highest BCUT2D eigenvalue weighted by molar-refractivity contribution is 4.89. The molecular weight excluding hydrogens is 172 g/mol. The first-order valence-corrected chi connectivity index (χ1v) is 6.20. The Morgan fingerprint density at radius 3 is 2.57 bits per heavy atom. The summed E-state index contributed by atoms with van der Waals surface area (Å²) >= 11 is 0. The van der Waals surface area contributed by atoms with Crippen LogP contribution in [0.2, 0.25) is 0 Å². The van der Waals surface area contributed by atoms with Crippen molar-refractivity contribution in [3.8, 4) is 0 Å². The SMILES string of the molecule is CC1(NCCC(N)C2CC2)CCCC1. The molecule has 2 aliphatic rings. The van der Waals surface area contributed by atoms with Crippen LogP contribution in [0.4, 0.5) is 0 Å². The average molecular weight is 196 g/mol. The van der Waals surface area contributed by atoms with E-state index >= 15 is 0 Å². The Morgan fingerprint density at radius 2 is 2.00 bits per heavy atom. The average Bonchev–Trinajstić information content (AvgIpc) is 2.91. The summed E-state index contributed by atoms with van der Waals surface area (Å²) in [5.41, 5.74) is 6.50. The topological polar surface area (TPSA) is 38.0 Å². The normalized spacial score (nSPS) is 27.9. The number of hydrogen-bond donors (Lipinski definition) is 2. The van der Waals surface area contributed by atoms with Gasteiger partial charge in [-0.15, -0.1) is 0 Å². The van der Waals surface area contributed by atoms with Gasteiger partial charge in [0.15, 0.2) is 0 Å². The molecule has 0 aliphatic heterocycles. The number of hydrogen-bond acceptors (Lipinski definition) is 2. The highest BCUT2D eigenvalue weighted by Crippen LogP contribution is 2.33. The highest BCUT2D eigenvalue weighted by atomic mass is 15.0. The van der Waals surface area contributed by atoms with Crippen molar-refractivity contribution < 1.29 is 0 Å². The van der Waals surface area contributed by atoms with E-state index in [2.05, 4.69) is 12.2 Å². The fraction of sp³-hybridized carbons (Fsp3) is 1.00. The summed E-state index contributed by atoms with van der Waals surface area (Å²) in [4.78, 5) is 0. The minimum Gasteiger partial charge on any atom is -0.327 e. The zero-order chi connectivity index (χ0) is 10.0. The molecule has 3 N–H and O–H groups in total. The van der Waals surface area contributed by atoms with Crippen molar-refractivity contribution >= 4 is 0 Å². The lowest BCUT2D eigenvalue weighted by Crippen LogP contribution is -2.41. The van der Waals surface area contributed by atoms with Crippen molar-refractivity contribution in [3.05, 3.63) is 0 Å². The third-order valence-corrected chi connectivity index (χ3v) is 3.96. The zero-order valence-electron chi connectivity index (χ0n) is 9.39. The minimum atomic E-state index is 0.434. The Kier molecular flexibility index (Phi) is 3.13. The largest absolute Gasteiger partial charge is 0.327 e.